The summed E-state index contributed by atoms with van der Waals surface area (Å²) in [6.07, 6.45) is 5.93. The summed E-state index contributed by atoms with van der Waals surface area (Å²) in [5, 5.41) is 0. The Morgan fingerprint density at radius 1 is 0.896 bits per heavy atom. The minimum atomic E-state index is -0.754. The van der Waals surface area contributed by atoms with Gasteiger partial charge in [-0.25, -0.2) is 18.8 Å². The van der Waals surface area contributed by atoms with Gasteiger partial charge < -0.3 is 23.7 Å². The molecule has 2 aliphatic carbocycles. The molecule has 0 heterocycles. The molecule has 0 radical (unpaired) electrons. The van der Waals surface area contributed by atoms with E-state index in [-0.39, 0.29) is 60.0 Å². The Kier molecular flexibility index (Phi) is 11.1. The normalized spacial score (nSPS) is 15.0. The molecule has 0 saturated heterocycles. The van der Waals surface area contributed by atoms with E-state index in [1.54, 1.807) is 30.3 Å². The Hall–Kier alpha value is -5.25. The molecule has 3 aromatic carbocycles. The van der Waals surface area contributed by atoms with Crippen LogP contribution in [0.3, 0.4) is 0 Å². The van der Waals surface area contributed by atoms with Crippen molar-refractivity contribution >= 4 is 23.9 Å². The molecule has 10 heteroatoms. The van der Waals surface area contributed by atoms with Crippen molar-refractivity contribution in [3.8, 4) is 28.4 Å². The fourth-order valence-electron chi connectivity index (χ4n) is 5.84. The Balaban J connectivity index is 1.14. The van der Waals surface area contributed by atoms with E-state index in [4.69, 9.17) is 23.7 Å². The SMILES string of the molecule is C=CC(=O)OCCCOc1ccc2c(c1F)C(C)c1cc(C(=O)Oc3ccc(OC(=O)C(=C)CC(=O)OC4CCCCC4)cc3)ccc1-2. The molecule has 1 fully saturated rings. The van der Waals surface area contributed by atoms with Crippen LogP contribution in [-0.2, 0) is 23.9 Å². The van der Waals surface area contributed by atoms with Crippen molar-refractivity contribution in [1.29, 1.82) is 0 Å². The molecule has 2 aliphatic rings. The molecule has 5 rings (SSSR count). The molecular formula is C38H37FO9. The number of hydrogen-bond acceptors (Lipinski definition) is 9. The maximum Gasteiger partial charge on any atom is 0.343 e. The van der Waals surface area contributed by atoms with E-state index < -0.39 is 29.7 Å². The second-order valence-corrected chi connectivity index (χ2v) is 11.7. The molecule has 1 atom stereocenters. The molecule has 9 nitrogen and oxygen atoms in total. The summed E-state index contributed by atoms with van der Waals surface area (Å²) < 4.78 is 42.4. The number of esters is 4. The minimum absolute atomic E-state index is 0.0216. The van der Waals surface area contributed by atoms with Gasteiger partial charge in [0.15, 0.2) is 11.6 Å². The molecule has 0 spiro atoms. The first-order chi connectivity index (χ1) is 23.1. The van der Waals surface area contributed by atoms with Gasteiger partial charge in [-0.15, -0.1) is 0 Å². The predicted molar refractivity (Wildman–Crippen MR) is 174 cm³/mol. The third-order valence-electron chi connectivity index (χ3n) is 8.32. The Morgan fingerprint density at radius 3 is 2.29 bits per heavy atom. The van der Waals surface area contributed by atoms with Gasteiger partial charge in [0.2, 0.25) is 0 Å². The zero-order valence-corrected chi connectivity index (χ0v) is 26.8. The van der Waals surface area contributed by atoms with E-state index in [0.29, 0.717) is 12.0 Å². The van der Waals surface area contributed by atoms with Crippen LogP contribution in [0.5, 0.6) is 17.2 Å². The van der Waals surface area contributed by atoms with Gasteiger partial charge in [-0.3, -0.25) is 4.79 Å². The van der Waals surface area contributed by atoms with Crippen molar-refractivity contribution in [3.63, 3.8) is 0 Å². The maximum absolute atomic E-state index is 15.6. The lowest BCUT2D eigenvalue weighted by atomic mass is 9.97. The highest BCUT2D eigenvalue weighted by molar-refractivity contribution is 5.95. The lowest BCUT2D eigenvalue weighted by molar-refractivity contribution is -0.150. The summed E-state index contributed by atoms with van der Waals surface area (Å²) in [5.74, 6) is -2.72. The van der Waals surface area contributed by atoms with E-state index in [2.05, 4.69) is 13.2 Å². The van der Waals surface area contributed by atoms with E-state index >= 15 is 4.39 Å². The van der Waals surface area contributed by atoms with Crippen LogP contribution < -0.4 is 14.2 Å². The molecule has 48 heavy (non-hydrogen) atoms. The van der Waals surface area contributed by atoms with Crippen LogP contribution in [0, 0.1) is 5.82 Å². The van der Waals surface area contributed by atoms with Crippen molar-refractivity contribution in [2.24, 2.45) is 0 Å². The summed E-state index contributed by atoms with van der Waals surface area (Å²) in [6, 6.07) is 14.3. The lowest BCUT2D eigenvalue weighted by Gasteiger charge is -2.21. The standard InChI is InChI=1S/C38H37FO9/c1-4-33(40)45-20-8-19-44-32-18-17-30-29-16-11-25(22-31(29)24(3)35(30)36(32)39)38(43)48-28-14-12-27(13-15-28)47-37(42)23(2)21-34(41)46-26-9-6-5-7-10-26/h4,11-18,22,24,26H,1-2,5-10,19-21H2,3H3. The van der Waals surface area contributed by atoms with Gasteiger partial charge in [-0.2, -0.15) is 0 Å². The van der Waals surface area contributed by atoms with Gasteiger partial charge in [-0.05, 0) is 84.8 Å². The van der Waals surface area contributed by atoms with E-state index in [0.717, 1.165) is 54.9 Å². The topological polar surface area (TPSA) is 114 Å². The van der Waals surface area contributed by atoms with Crippen LogP contribution >= 0.6 is 0 Å². The number of benzene rings is 3. The molecule has 0 bridgehead atoms. The molecule has 0 aromatic heterocycles. The molecule has 1 saturated carbocycles. The monoisotopic (exact) mass is 656 g/mol. The van der Waals surface area contributed by atoms with Crippen LogP contribution in [0.25, 0.3) is 11.1 Å². The molecule has 0 aliphatic heterocycles. The zero-order chi connectivity index (χ0) is 34.2. The van der Waals surface area contributed by atoms with E-state index in [1.807, 2.05) is 6.92 Å². The van der Waals surface area contributed by atoms with Crippen LogP contribution in [0.2, 0.25) is 0 Å². The second kappa shape index (κ2) is 15.6. The van der Waals surface area contributed by atoms with Gasteiger partial charge in [-0.1, -0.05) is 38.6 Å². The average Bonchev–Trinajstić information content (AvgIpc) is 3.37. The molecule has 3 aromatic rings. The van der Waals surface area contributed by atoms with Crippen molar-refractivity contribution in [1.82, 2.24) is 0 Å². The fourth-order valence-corrected chi connectivity index (χ4v) is 5.84. The number of fused-ring (bicyclic) bond motifs is 3. The summed E-state index contributed by atoms with van der Waals surface area (Å²) in [5.41, 5.74) is 3.04. The largest absolute Gasteiger partial charge is 0.490 e. The summed E-state index contributed by atoms with van der Waals surface area (Å²) in [4.78, 5) is 48.9. The highest BCUT2D eigenvalue weighted by Crippen LogP contribution is 2.48. The first-order valence-electron chi connectivity index (χ1n) is 15.9. The predicted octanol–water partition coefficient (Wildman–Crippen LogP) is 7.40. The van der Waals surface area contributed by atoms with Crippen molar-refractivity contribution in [3.05, 3.63) is 102 Å². The van der Waals surface area contributed by atoms with Crippen LogP contribution in [0.15, 0.2) is 79.4 Å². The number of carbonyl (C=O) groups excluding carboxylic acids is 4. The molecule has 0 N–H and O–H groups in total. The molecule has 1 unspecified atom stereocenters. The fraction of sp³-hybridized carbons (Fsp3) is 0.316. The first-order valence-corrected chi connectivity index (χ1v) is 15.9. The number of ether oxygens (including phenoxy) is 5. The Labute approximate surface area is 278 Å². The smallest absolute Gasteiger partial charge is 0.343 e. The van der Waals surface area contributed by atoms with Crippen LogP contribution in [-0.4, -0.2) is 43.2 Å². The number of carbonyl (C=O) groups is 4. The van der Waals surface area contributed by atoms with Gasteiger partial charge in [0.25, 0.3) is 0 Å². The third kappa shape index (κ3) is 8.17. The number of hydrogen-bond donors (Lipinski definition) is 0. The zero-order valence-electron chi connectivity index (χ0n) is 26.8. The van der Waals surface area contributed by atoms with Crippen LogP contribution in [0.1, 0.15) is 79.3 Å². The molecule has 0 amide bonds. The summed E-state index contributed by atoms with van der Waals surface area (Å²) in [6.45, 7) is 9.15. The van der Waals surface area contributed by atoms with Gasteiger partial charge in [0.05, 0.1) is 25.2 Å². The lowest BCUT2D eigenvalue weighted by Crippen LogP contribution is -2.22. The van der Waals surface area contributed by atoms with Gasteiger partial charge >= 0.3 is 23.9 Å². The maximum atomic E-state index is 15.6. The van der Waals surface area contributed by atoms with Crippen LogP contribution in [0.4, 0.5) is 4.39 Å². The average molecular weight is 657 g/mol. The Morgan fingerprint density at radius 2 is 1.58 bits per heavy atom. The van der Waals surface area contributed by atoms with E-state index in [1.165, 1.54) is 24.3 Å². The summed E-state index contributed by atoms with van der Waals surface area (Å²) >= 11 is 0. The molecular weight excluding hydrogens is 619 g/mol. The highest BCUT2D eigenvalue weighted by atomic mass is 19.1. The minimum Gasteiger partial charge on any atom is -0.490 e. The Bertz CT molecular complexity index is 1720. The van der Waals surface area contributed by atoms with Crippen molar-refractivity contribution < 1.29 is 47.3 Å². The second-order valence-electron chi connectivity index (χ2n) is 11.7. The highest BCUT2D eigenvalue weighted by Gasteiger charge is 2.31. The van der Waals surface area contributed by atoms with Crippen molar-refractivity contribution in [2.75, 3.05) is 13.2 Å². The summed E-state index contributed by atoms with van der Waals surface area (Å²) in [7, 11) is 0. The third-order valence-corrected chi connectivity index (χ3v) is 8.32. The number of rotatable bonds is 13. The van der Waals surface area contributed by atoms with Gasteiger partial charge in [0, 0.05) is 29.6 Å². The first kappa shape index (κ1) is 34.1. The molecule has 250 valence electrons. The van der Waals surface area contributed by atoms with Crippen molar-refractivity contribution in [2.45, 2.75) is 63.9 Å². The number of halogens is 1. The quantitative estimate of drug-likeness (QED) is 0.0803. The van der Waals surface area contributed by atoms with Gasteiger partial charge in [0.1, 0.15) is 17.6 Å². The van der Waals surface area contributed by atoms with E-state index in [9.17, 15) is 19.2 Å².